The molecule has 0 spiro atoms. The Kier molecular flexibility index (Phi) is 4.96. The van der Waals surface area contributed by atoms with Crippen molar-refractivity contribution in [1.82, 2.24) is 9.78 Å². The Balaban J connectivity index is 2.72. The quantitative estimate of drug-likeness (QED) is 0.806. The Morgan fingerprint density at radius 3 is 2.62 bits per heavy atom. The average Bonchev–Trinajstić information content (AvgIpc) is 2.68. The highest BCUT2D eigenvalue weighted by Crippen LogP contribution is 2.16. The topological polar surface area (TPSA) is 47.3 Å². The molecule has 0 amide bonds. The van der Waals surface area contributed by atoms with E-state index in [1.54, 1.807) is 0 Å². The van der Waals surface area contributed by atoms with Crippen molar-refractivity contribution in [3.63, 3.8) is 0 Å². The van der Waals surface area contributed by atoms with Crippen LogP contribution >= 0.6 is 0 Å². The summed E-state index contributed by atoms with van der Waals surface area (Å²) in [7, 11) is 0. The molecule has 1 heterocycles. The molecule has 1 atom stereocenters. The Hall–Kier alpha value is -0.870. The number of ether oxygens (including phenoxy) is 1. The molecule has 0 saturated heterocycles. The Morgan fingerprint density at radius 2 is 2.12 bits per heavy atom. The molecule has 0 saturated carbocycles. The molecule has 4 nitrogen and oxygen atoms in total. The lowest BCUT2D eigenvalue weighted by Gasteiger charge is -2.14. The van der Waals surface area contributed by atoms with Gasteiger partial charge in [-0.15, -0.1) is 0 Å². The van der Waals surface area contributed by atoms with Gasteiger partial charge >= 0.3 is 0 Å². The van der Waals surface area contributed by atoms with Crippen molar-refractivity contribution in [2.24, 2.45) is 0 Å². The first-order valence-corrected chi connectivity index (χ1v) is 5.94. The second-order valence-corrected chi connectivity index (χ2v) is 4.13. The highest BCUT2D eigenvalue weighted by Gasteiger charge is 2.15. The van der Waals surface area contributed by atoms with Gasteiger partial charge < -0.3 is 9.84 Å². The molecule has 16 heavy (non-hydrogen) atoms. The lowest BCUT2D eigenvalue weighted by atomic mass is 10.2. The lowest BCUT2D eigenvalue weighted by molar-refractivity contribution is 0.00153. The van der Waals surface area contributed by atoms with Crippen molar-refractivity contribution >= 4 is 0 Å². The molecule has 1 unspecified atom stereocenters. The molecule has 0 radical (unpaired) electrons. The molecule has 0 bridgehead atoms. The summed E-state index contributed by atoms with van der Waals surface area (Å²) in [4.78, 5) is 0. The number of hydrogen-bond acceptors (Lipinski definition) is 3. The summed E-state index contributed by atoms with van der Waals surface area (Å²) in [5.74, 6) is 0. The van der Waals surface area contributed by atoms with E-state index >= 15 is 0 Å². The van der Waals surface area contributed by atoms with Crippen LogP contribution < -0.4 is 0 Å². The fraction of sp³-hybridized carbons (Fsp3) is 0.750. The first-order chi connectivity index (χ1) is 7.58. The molecule has 0 aliphatic carbocycles. The normalized spacial score (nSPS) is 13.4. The zero-order chi connectivity index (χ0) is 12.1. The van der Waals surface area contributed by atoms with Crippen LogP contribution in [0.15, 0.2) is 6.07 Å². The molecule has 1 aromatic heterocycles. The van der Waals surface area contributed by atoms with Gasteiger partial charge in [-0.1, -0.05) is 6.92 Å². The van der Waals surface area contributed by atoms with Gasteiger partial charge in [0.05, 0.1) is 24.1 Å². The van der Waals surface area contributed by atoms with E-state index in [0.717, 1.165) is 24.4 Å². The van der Waals surface area contributed by atoms with Gasteiger partial charge in [0.2, 0.25) is 0 Å². The van der Waals surface area contributed by atoms with Crippen molar-refractivity contribution in [3.8, 4) is 0 Å². The maximum Gasteiger partial charge on any atom is 0.119 e. The van der Waals surface area contributed by atoms with Crippen LogP contribution in [-0.4, -0.2) is 27.6 Å². The summed E-state index contributed by atoms with van der Waals surface area (Å²) < 4.78 is 7.25. The molecule has 0 aromatic carbocycles. The van der Waals surface area contributed by atoms with Crippen LogP contribution in [0.2, 0.25) is 0 Å². The predicted octanol–water partition coefficient (Wildman–Crippen LogP) is 1.92. The molecule has 92 valence electrons. The molecule has 0 aliphatic heterocycles. The molecular formula is C12H22N2O2. The van der Waals surface area contributed by atoms with E-state index in [1.807, 2.05) is 31.5 Å². The van der Waals surface area contributed by atoms with Gasteiger partial charge in [0.25, 0.3) is 0 Å². The van der Waals surface area contributed by atoms with Gasteiger partial charge in [-0.05, 0) is 33.3 Å². The second kappa shape index (κ2) is 6.01. The Labute approximate surface area is 97.2 Å². The molecule has 1 rings (SSSR count). The third-order valence-electron chi connectivity index (χ3n) is 2.45. The van der Waals surface area contributed by atoms with Crippen LogP contribution in [-0.2, 0) is 17.7 Å². The monoisotopic (exact) mass is 226 g/mol. The number of rotatable bonds is 6. The van der Waals surface area contributed by atoms with Crippen molar-refractivity contribution in [2.45, 2.75) is 52.9 Å². The van der Waals surface area contributed by atoms with Crippen LogP contribution in [0.5, 0.6) is 0 Å². The minimum Gasteiger partial charge on any atom is -0.384 e. The summed E-state index contributed by atoms with van der Waals surface area (Å²) in [5.41, 5.74) is 1.86. The smallest absolute Gasteiger partial charge is 0.119 e. The summed E-state index contributed by atoms with van der Waals surface area (Å²) in [6.45, 7) is 9.10. The minimum atomic E-state index is -0.588. The Bertz CT molecular complexity index is 321. The summed E-state index contributed by atoms with van der Waals surface area (Å²) in [6, 6.07) is 1.96. The van der Waals surface area contributed by atoms with Crippen molar-refractivity contribution in [1.29, 1.82) is 0 Å². The van der Waals surface area contributed by atoms with Crippen molar-refractivity contribution in [2.75, 3.05) is 6.61 Å². The standard InChI is InChI=1S/C12H22N2O2/c1-5-10-7-11(14(6-2)13-10)12(15)8-16-9(3)4/h7,9,12,15H,5-6,8H2,1-4H3. The van der Waals surface area contributed by atoms with E-state index < -0.39 is 6.10 Å². The van der Waals surface area contributed by atoms with E-state index in [9.17, 15) is 5.11 Å². The summed E-state index contributed by atoms with van der Waals surface area (Å²) in [6.07, 6.45) is 0.436. The second-order valence-electron chi connectivity index (χ2n) is 4.13. The fourth-order valence-corrected chi connectivity index (χ4v) is 1.55. The first-order valence-electron chi connectivity index (χ1n) is 5.94. The van der Waals surface area contributed by atoms with Gasteiger partial charge in [0.15, 0.2) is 0 Å². The molecule has 4 heteroatoms. The van der Waals surface area contributed by atoms with E-state index in [-0.39, 0.29) is 6.10 Å². The van der Waals surface area contributed by atoms with E-state index in [0.29, 0.717) is 6.61 Å². The van der Waals surface area contributed by atoms with Crippen LogP contribution in [0, 0.1) is 0 Å². The largest absolute Gasteiger partial charge is 0.384 e. The van der Waals surface area contributed by atoms with Gasteiger partial charge in [0.1, 0.15) is 6.10 Å². The maximum absolute atomic E-state index is 10.0. The van der Waals surface area contributed by atoms with Crippen molar-refractivity contribution in [3.05, 3.63) is 17.5 Å². The zero-order valence-electron chi connectivity index (χ0n) is 10.6. The van der Waals surface area contributed by atoms with Gasteiger partial charge in [-0.2, -0.15) is 5.10 Å². The molecule has 1 N–H and O–H groups in total. The molecule has 0 fully saturated rings. The van der Waals surface area contributed by atoms with E-state index in [4.69, 9.17) is 4.74 Å². The highest BCUT2D eigenvalue weighted by molar-refractivity contribution is 5.13. The molecular weight excluding hydrogens is 204 g/mol. The number of aromatic nitrogens is 2. The van der Waals surface area contributed by atoms with Crippen LogP contribution in [0.4, 0.5) is 0 Å². The third-order valence-corrected chi connectivity index (χ3v) is 2.45. The minimum absolute atomic E-state index is 0.137. The number of aliphatic hydroxyl groups is 1. The Morgan fingerprint density at radius 1 is 1.44 bits per heavy atom. The first kappa shape index (κ1) is 13.2. The summed E-state index contributed by atoms with van der Waals surface area (Å²) >= 11 is 0. The van der Waals surface area contributed by atoms with Crippen molar-refractivity contribution < 1.29 is 9.84 Å². The maximum atomic E-state index is 10.0. The highest BCUT2D eigenvalue weighted by atomic mass is 16.5. The summed E-state index contributed by atoms with van der Waals surface area (Å²) in [5, 5.41) is 14.4. The SMILES string of the molecule is CCc1cc(C(O)COC(C)C)n(CC)n1. The fourth-order valence-electron chi connectivity index (χ4n) is 1.55. The van der Waals surface area contributed by atoms with Crippen LogP contribution in [0.1, 0.15) is 45.2 Å². The molecule has 0 aliphatic rings. The van der Waals surface area contributed by atoms with Gasteiger partial charge in [-0.3, -0.25) is 4.68 Å². The van der Waals surface area contributed by atoms with Gasteiger partial charge in [-0.25, -0.2) is 0 Å². The van der Waals surface area contributed by atoms with Gasteiger partial charge in [0, 0.05) is 6.54 Å². The number of hydrogen-bond donors (Lipinski definition) is 1. The van der Waals surface area contributed by atoms with E-state index in [1.165, 1.54) is 0 Å². The predicted molar refractivity (Wildman–Crippen MR) is 63.3 cm³/mol. The molecule has 1 aromatic rings. The zero-order valence-corrected chi connectivity index (χ0v) is 10.6. The van der Waals surface area contributed by atoms with E-state index in [2.05, 4.69) is 12.0 Å². The van der Waals surface area contributed by atoms with Crippen LogP contribution in [0.3, 0.4) is 0 Å². The lowest BCUT2D eigenvalue weighted by Crippen LogP contribution is -2.15. The number of aryl methyl sites for hydroxylation is 2. The number of nitrogens with zero attached hydrogens (tertiary/aromatic N) is 2. The average molecular weight is 226 g/mol. The van der Waals surface area contributed by atoms with Crippen LogP contribution in [0.25, 0.3) is 0 Å². The third kappa shape index (κ3) is 3.32. The number of aliphatic hydroxyl groups excluding tert-OH is 1.